The molecule has 0 aliphatic carbocycles. The largest absolute Gasteiger partial charge is 0.481 e. The minimum atomic E-state index is -0.991. The van der Waals surface area contributed by atoms with Crippen LogP contribution >= 0.6 is 0 Å². The van der Waals surface area contributed by atoms with E-state index in [-0.39, 0.29) is 25.2 Å². The number of nitrogens with one attached hydrogen (secondary N) is 1. The number of aliphatic hydroxyl groups excluding tert-OH is 1. The Morgan fingerprint density at radius 3 is 2.28 bits per heavy atom. The first-order valence-corrected chi connectivity index (χ1v) is 6.11. The smallest absolute Gasteiger partial charge is 0.317 e. The van der Waals surface area contributed by atoms with Crippen molar-refractivity contribution in [2.75, 3.05) is 19.7 Å². The summed E-state index contributed by atoms with van der Waals surface area (Å²) in [7, 11) is 0. The number of carboxylic acids is 1. The standard InChI is InChI=1S/C12H24N2O4/c1-9(2)14(6-5-7-15)11(18)13-8-12(3,4)10(16)17/h9,15H,5-8H2,1-4H3,(H,13,18)(H,16,17). The summed E-state index contributed by atoms with van der Waals surface area (Å²) in [4.78, 5) is 24.4. The van der Waals surface area contributed by atoms with Crippen molar-refractivity contribution in [1.29, 1.82) is 0 Å². The van der Waals surface area contributed by atoms with Crippen molar-refractivity contribution in [3.05, 3.63) is 0 Å². The van der Waals surface area contributed by atoms with E-state index >= 15 is 0 Å². The zero-order valence-electron chi connectivity index (χ0n) is 11.6. The molecule has 0 unspecified atom stereocenters. The van der Waals surface area contributed by atoms with Gasteiger partial charge in [-0.3, -0.25) is 4.79 Å². The average Bonchev–Trinajstić information content (AvgIpc) is 2.26. The lowest BCUT2D eigenvalue weighted by Crippen LogP contribution is -2.48. The number of aliphatic carboxylic acids is 1. The number of urea groups is 1. The lowest BCUT2D eigenvalue weighted by molar-refractivity contribution is -0.146. The summed E-state index contributed by atoms with van der Waals surface area (Å²) in [6.45, 7) is 7.42. The zero-order chi connectivity index (χ0) is 14.3. The Balaban J connectivity index is 4.39. The van der Waals surface area contributed by atoms with Gasteiger partial charge < -0.3 is 20.4 Å². The molecular formula is C12H24N2O4. The molecule has 18 heavy (non-hydrogen) atoms. The molecule has 0 aromatic heterocycles. The number of hydrogen-bond donors (Lipinski definition) is 3. The van der Waals surface area contributed by atoms with Gasteiger partial charge in [-0.1, -0.05) is 0 Å². The van der Waals surface area contributed by atoms with Crippen LogP contribution in [0.15, 0.2) is 0 Å². The van der Waals surface area contributed by atoms with Crippen molar-refractivity contribution in [3.63, 3.8) is 0 Å². The molecule has 106 valence electrons. The van der Waals surface area contributed by atoms with Crippen LogP contribution in [0.25, 0.3) is 0 Å². The number of carboxylic acid groups (broad SMARTS) is 1. The summed E-state index contributed by atoms with van der Waals surface area (Å²) in [6, 6.07) is -0.294. The first-order chi connectivity index (χ1) is 8.22. The fraction of sp³-hybridized carbons (Fsp3) is 0.833. The molecule has 0 aromatic carbocycles. The predicted octanol–water partition coefficient (Wildman–Crippen LogP) is 0.900. The number of aliphatic hydroxyl groups is 1. The predicted molar refractivity (Wildman–Crippen MR) is 68.4 cm³/mol. The minimum absolute atomic E-state index is 0.00416. The molecule has 2 amide bonds. The van der Waals surface area contributed by atoms with Crippen LogP contribution in [0.5, 0.6) is 0 Å². The van der Waals surface area contributed by atoms with Gasteiger partial charge in [0.2, 0.25) is 0 Å². The van der Waals surface area contributed by atoms with Gasteiger partial charge in [0.05, 0.1) is 5.41 Å². The van der Waals surface area contributed by atoms with E-state index in [9.17, 15) is 9.59 Å². The van der Waals surface area contributed by atoms with Gasteiger partial charge in [0.15, 0.2) is 0 Å². The fourth-order valence-electron chi connectivity index (χ4n) is 1.31. The van der Waals surface area contributed by atoms with Gasteiger partial charge in [0.25, 0.3) is 0 Å². The van der Waals surface area contributed by atoms with Gasteiger partial charge in [0.1, 0.15) is 0 Å². The summed E-state index contributed by atoms with van der Waals surface area (Å²) >= 11 is 0. The Hall–Kier alpha value is -1.30. The van der Waals surface area contributed by atoms with E-state index < -0.39 is 11.4 Å². The highest BCUT2D eigenvalue weighted by molar-refractivity contribution is 5.77. The second kappa shape index (κ2) is 7.20. The average molecular weight is 260 g/mol. The minimum Gasteiger partial charge on any atom is -0.481 e. The summed E-state index contributed by atoms with van der Waals surface area (Å²) < 4.78 is 0. The molecular weight excluding hydrogens is 236 g/mol. The molecule has 0 saturated carbocycles. The third-order valence-electron chi connectivity index (χ3n) is 2.70. The van der Waals surface area contributed by atoms with Crippen molar-refractivity contribution in [3.8, 4) is 0 Å². The number of rotatable bonds is 7. The molecule has 0 radical (unpaired) electrons. The topological polar surface area (TPSA) is 89.9 Å². The molecule has 0 aromatic rings. The molecule has 0 spiro atoms. The summed E-state index contributed by atoms with van der Waals surface area (Å²) in [5.74, 6) is -0.950. The Labute approximate surface area is 108 Å². The van der Waals surface area contributed by atoms with Crippen LogP contribution in [0.2, 0.25) is 0 Å². The highest BCUT2D eigenvalue weighted by atomic mass is 16.4. The number of nitrogens with zero attached hydrogens (tertiary/aromatic N) is 1. The van der Waals surface area contributed by atoms with Crippen molar-refractivity contribution in [2.24, 2.45) is 5.41 Å². The van der Waals surface area contributed by atoms with Crippen LogP contribution in [-0.2, 0) is 4.79 Å². The Bertz CT molecular complexity index is 290. The summed E-state index contributed by atoms with van der Waals surface area (Å²) in [5, 5.41) is 20.3. The SMILES string of the molecule is CC(C)N(CCCO)C(=O)NCC(C)(C)C(=O)O. The lowest BCUT2D eigenvalue weighted by atomic mass is 9.94. The van der Waals surface area contributed by atoms with Crippen LogP contribution in [0.4, 0.5) is 4.79 Å². The molecule has 0 fully saturated rings. The van der Waals surface area contributed by atoms with Crippen LogP contribution in [-0.4, -0.2) is 52.9 Å². The Morgan fingerprint density at radius 1 is 1.33 bits per heavy atom. The molecule has 6 nitrogen and oxygen atoms in total. The zero-order valence-corrected chi connectivity index (χ0v) is 11.6. The molecule has 0 aliphatic heterocycles. The molecule has 0 aliphatic rings. The van der Waals surface area contributed by atoms with Gasteiger partial charge in [-0.2, -0.15) is 0 Å². The maximum absolute atomic E-state index is 11.9. The van der Waals surface area contributed by atoms with Crippen molar-refractivity contribution in [1.82, 2.24) is 10.2 Å². The number of hydrogen-bond acceptors (Lipinski definition) is 3. The van der Waals surface area contributed by atoms with Crippen molar-refractivity contribution < 1.29 is 19.8 Å². The van der Waals surface area contributed by atoms with Gasteiger partial charge in [0, 0.05) is 25.7 Å². The monoisotopic (exact) mass is 260 g/mol. The quantitative estimate of drug-likeness (QED) is 0.634. The van der Waals surface area contributed by atoms with Gasteiger partial charge in [-0.15, -0.1) is 0 Å². The molecule has 6 heteroatoms. The maximum atomic E-state index is 11.9. The van der Waals surface area contributed by atoms with Gasteiger partial charge >= 0.3 is 12.0 Å². The maximum Gasteiger partial charge on any atom is 0.317 e. The normalized spacial score (nSPS) is 11.4. The lowest BCUT2D eigenvalue weighted by Gasteiger charge is -2.28. The molecule has 0 heterocycles. The van der Waals surface area contributed by atoms with Crippen LogP contribution in [0.3, 0.4) is 0 Å². The van der Waals surface area contributed by atoms with Crippen LogP contribution < -0.4 is 5.32 Å². The number of carbonyl (C=O) groups is 2. The molecule has 0 rings (SSSR count). The Morgan fingerprint density at radius 2 is 1.89 bits per heavy atom. The van der Waals surface area contributed by atoms with Gasteiger partial charge in [-0.25, -0.2) is 4.79 Å². The second-order valence-corrected chi connectivity index (χ2v) is 5.21. The molecule has 0 bridgehead atoms. The van der Waals surface area contributed by atoms with Crippen LogP contribution in [0, 0.1) is 5.41 Å². The second-order valence-electron chi connectivity index (χ2n) is 5.21. The fourth-order valence-corrected chi connectivity index (χ4v) is 1.31. The highest BCUT2D eigenvalue weighted by Gasteiger charge is 2.28. The van der Waals surface area contributed by atoms with Crippen molar-refractivity contribution >= 4 is 12.0 Å². The van der Waals surface area contributed by atoms with E-state index in [2.05, 4.69) is 5.32 Å². The summed E-state index contributed by atoms with van der Waals surface area (Å²) in [6.07, 6.45) is 0.508. The Kier molecular flexibility index (Phi) is 6.68. The van der Waals surface area contributed by atoms with E-state index in [0.717, 1.165) is 0 Å². The third-order valence-corrected chi connectivity index (χ3v) is 2.70. The first kappa shape index (κ1) is 16.7. The van der Waals surface area contributed by atoms with E-state index in [1.807, 2.05) is 13.8 Å². The molecule has 0 atom stereocenters. The van der Waals surface area contributed by atoms with E-state index in [1.54, 1.807) is 18.7 Å². The van der Waals surface area contributed by atoms with Crippen LogP contribution in [0.1, 0.15) is 34.1 Å². The van der Waals surface area contributed by atoms with E-state index in [4.69, 9.17) is 10.2 Å². The van der Waals surface area contributed by atoms with E-state index in [1.165, 1.54) is 0 Å². The molecule has 0 saturated heterocycles. The molecule has 3 N–H and O–H groups in total. The third kappa shape index (κ3) is 5.35. The van der Waals surface area contributed by atoms with E-state index in [0.29, 0.717) is 13.0 Å². The highest BCUT2D eigenvalue weighted by Crippen LogP contribution is 2.13. The van der Waals surface area contributed by atoms with Gasteiger partial charge in [-0.05, 0) is 34.1 Å². The number of carbonyl (C=O) groups excluding carboxylic acids is 1. The van der Waals surface area contributed by atoms with Crippen molar-refractivity contribution in [2.45, 2.75) is 40.2 Å². The number of amides is 2. The first-order valence-electron chi connectivity index (χ1n) is 6.11. The summed E-state index contributed by atoms with van der Waals surface area (Å²) in [5.41, 5.74) is -0.991.